The van der Waals surface area contributed by atoms with Crippen LogP contribution < -0.4 is 5.32 Å². The van der Waals surface area contributed by atoms with Gasteiger partial charge in [-0.15, -0.1) is 0 Å². The van der Waals surface area contributed by atoms with E-state index in [-0.39, 0.29) is 12.2 Å². The number of carbonyl (C=O) groups excluding carboxylic acids is 1. The van der Waals surface area contributed by atoms with Crippen LogP contribution in [0.1, 0.15) is 41.8 Å². The molecule has 1 saturated carbocycles. The van der Waals surface area contributed by atoms with Crippen LogP contribution >= 0.6 is 0 Å². The normalized spacial score (nSPS) is 24.2. The fraction of sp³-hybridized carbons (Fsp3) is 0.615. The number of aryl methyl sites for hydroxylation is 1. The maximum atomic E-state index is 12.9. The van der Waals surface area contributed by atoms with Gasteiger partial charge in [-0.2, -0.15) is 13.2 Å². The van der Waals surface area contributed by atoms with Crippen molar-refractivity contribution in [3.05, 3.63) is 23.7 Å². The Morgan fingerprint density at radius 1 is 1.37 bits per heavy atom. The highest BCUT2D eigenvalue weighted by molar-refractivity contribution is 5.93. The second-order valence-corrected chi connectivity index (χ2v) is 4.95. The highest BCUT2D eigenvalue weighted by atomic mass is 19.4. The molecular formula is C13H16F3NO2. The second-order valence-electron chi connectivity index (χ2n) is 4.95. The van der Waals surface area contributed by atoms with E-state index < -0.39 is 24.0 Å². The number of amides is 1. The zero-order valence-electron chi connectivity index (χ0n) is 10.6. The van der Waals surface area contributed by atoms with Gasteiger partial charge in [0.05, 0.1) is 12.2 Å². The minimum atomic E-state index is -4.27. The van der Waals surface area contributed by atoms with Gasteiger partial charge >= 0.3 is 6.18 Å². The summed E-state index contributed by atoms with van der Waals surface area (Å²) in [4.78, 5) is 11.9. The van der Waals surface area contributed by atoms with Crippen LogP contribution in [0.2, 0.25) is 0 Å². The monoisotopic (exact) mass is 275 g/mol. The van der Waals surface area contributed by atoms with E-state index in [1.54, 1.807) is 13.0 Å². The first kappa shape index (κ1) is 14.0. The van der Waals surface area contributed by atoms with Crippen LogP contribution in [0, 0.1) is 12.8 Å². The second kappa shape index (κ2) is 5.27. The third-order valence-corrected chi connectivity index (χ3v) is 3.57. The van der Waals surface area contributed by atoms with Gasteiger partial charge in [-0.1, -0.05) is 12.8 Å². The molecule has 1 aromatic rings. The summed E-state index contributed by atoms with van der Waals surface area (Å²) in [5.74, 6) is -1.93. The van der Waals surface area contributed by atoms with Crippen LogP contribution in [0.5, 0.6) is 0 Å². The molecule has 1 aromatic heterocycles. The molecule has 1 fully saturated rings. The number of halogens is 3. The van der Waals surface area contributed by atoms with E-state index in [1.807, 2.05) is 0 Å². The minimum absolute atomic E-state index is 0.0750. The maximum absolute atomic E-state index is 12.9. The standard InChI is InChI=1S/C13H16F3NO2/c1-8-6-7-19-11(8)12(18)17-10-5-3-2-4-9(10)13(14,15)16/h6-7,9-10H,2-5H2,1H3,(H,17,18)/t9-,10+/m0/s1. The fourth-order valence-corrected chi connectivity index (χ4v) is 2.53. The van der Waals surface area contributed by atoms with Gasteiger partial charge in [0.1, 0.15) is 0 Å². The molecule has 0 aliphatic heterocycles. The highest BCUT2D eigenvalue weighted by Crippen LogP contribution is 2.37. The van der Waals surface area contributed by atoms with Gasteiger partial charge in [0.2, 0.25) is 0 Å². The van der Waals surface area contributed by atoms with Gasteiger partial charge in [-0.05, 0) is 25.8 Å². The van der Waals surface area contributed by atoms with Gasteiger partial charge in [0.15, 0.2) is 5.76 Å². The molecule has 1 aliphatic carbocycles. The number of nitrogens with one attached hydrogen (secondary N) is 1. The van der Waals surface area contributed by atoms with Crippen LogP contribution in [0.15, 0.2) is 16.7 Å². The summed E-state index contributed by atoms with van der Waals surface area (Å²) in [5.41, 5.74) is 0.622. The molecule has 0 spiro atoms. The minimum Gasteiger partial charge on any atom is -0.459 e. The van der Waals surface area contributed by atoms with E-state index in [4.69, 9.17) is 4.42 Å². The Hall–Kier alpha value is -1.46. The molecule has 6 heteroatoms. The predicted octanol–water partition coefficient (Wildman–Crippen LogP) is 3.44. The van der Waals surface area contributed by atoms with Crippen LogP contribution in [0.4, 0.5) is 13.2 Å². The zero-order chi connectivity index (χ0) is 14.0. The van der Waals surface area contributed by atoms with Crippen molar-refractivity contribution in [2.45, 2.75) is 44.8 Å². The van der Waals surface area contributed by atoms with Gasteiger partial charge in [0, 0.05) is 11.6 Å². The number of furan rings is 1. The van der Waals surface area contributed by atoms with Crippen molar-refractivity contribution in [1.82, 2.24) is 5.32 Å². The lowest BCUT2D eigenvalue weighted by Gasteiger charge is -2.33. The lowest BCUT2D eigenvalue weighted by atomic mass is 9.84. The largest absolute Gasteiger partial charge is 0.459 e. The number of rotatable bonds is 2. The smallest absolute Gasteiger partial charge is 0.393 e. The molecule has 0 radical (unpaired) electrons. The molecule has 3 nitrogen and oxygen atoms in total. The van der Waals surface area contributed by atoms with Gasteiger partial charge in [-0.25, -0.2) is 0 Å². The number of carbonyl (C=O) groups is 1. The van der Waals surface area contributed by atoms with Gasteiger partial charge in [0.25, 0.3) is 5.91 Å². The van der Waals surface area contributed by atoms with Crippen molar-refractivity contribution >= 4 is 5.91 Å². The summed E-state index contributed by atoms with van der Waals surface area (Å²) in [6.07, 6.45) is -1.23. The predicted molar refractivity (Wildman–Crippen MR) is 62.7 cm³/mol. The molecule has 2 atom stereocenters. The Labute approximate surface area is 109 Å². The topological polar surface area (TPSA) is 42.2 Å². The summed E-state index contributed by atoms with van der Waals surface area (Å²) in [5, 5.41) is 2.47. The third-order valence-electron chi connectivity index (χ3n) is 3.57. The number of alkyl halides is 3. The Morgan fingerprint density at radius 3 is 2.63 bits per heavy atom. The van der Waals surface area contributed by atoms with E-state index in [0.29, 0.717) is 24.8 Å². The van der Waals surface area contributed by atoms with Crippen molar-refractivity contribution in [3.63, 3.8) is 0 Å². The molecule has 0 aromatic carbocycles. The molecule has 1 N–H and O–H groups in total. The Bertz CT molecular complexity index is 453. The van der Waals surface area contributed by atoms with E-state index in [2.05, 4.69) is 5.32 Å². The molecule has 2 rings (SSSR count). The molecule has 1 aliphatic rings. The van der Waals surface area contributed by atoms with Crippen LogP contribution in [-0.4, -0.2) is 18.1 Å². The van der Waals surface area contributed by atoms with Crippen LogP contribution in [0.25, 0.3) is 0 Å². The Balaban J connectivity index is 2.08. The van der Waals surface area contributed by atoms with Gasteiger partial charge < -0.3 is 9.73 Å². The zero-order valence-corrected chi connectivity index (χ0v) is 10.6. The maximum Gasteiger partial charge on any atom is 0.393 e. The van der Waals surface area contributed by atoms with Crippen molar-refractivity contribution < 1.29 is 22.4 Å². The third kappa shape index (κ3) is 3.11. The Morgan fingerprint density at radius 2 is 2.05 bits per heavy atom. The van der Waals surface area contributed by atoms with E-state index in [9.17, 15) is 18.0 Å². The van der Waals surface area contributed by atoms with Crippen molar-refractivity contribution in [2.24, 2.45) is 5.92 Å². The quantitative estimate of drug-likeness (QED) is 0.898. The van der Waals surface area contributed by atoms with E-state index in [1.165, 1.54) is 6.26 Å². The molecular weight excluding hydrogens is 259 g/mol. The Kier molecular flexibility index (Phi) is 3.87. The molecule has 19 heavy (non-hydrogen) atoms. The summed E-state index contributed by atoms with van der Waals surface area (Å²) in [6, 6.07) is 0.752. The summed E-state index contributed by atoms with van der Waals surface area (Å²) >= 11 is 0. The van der Waals surface area contributed by atoms with E-state index in [0.717, 1.165) is 0 Å². The van der Waals surface area contributed by atoms with E-state index >= 15 is 0 Å². The molecule has 1 amide bonds. The first-order valence-electron chi connectivity index (χ1n) is 6.31. The summed E-state index contributed by atoms with van der Waals surface area (Å²) in [7, 11) is 0. The number of hydrogen-bond donors (Lipinski definition) is 1. The number of hydrogen-bond acceptors (Lipinski definition) is 2. The van der Waals surface area contributed by atoms with Gasteiger partial charge in [-0.3, -0.25) is 4.79 Å². The summed E-state index contributed by atoms with van der Waals surface area (Å²) < 4.78 is 43.7. The summed E-state index contributed by atoms with van der Waals surface area (Å²) in [6.45, 7) is 1.68. The first-order valence-corrected chi connectivity index (χ1v) is 6.31. The van der Waals surface area contributed by atoms with Crippen molar-refractivity contribution in [2.75, 3.05) is 0 Å². The van der Waals surface area contributed by atoms with Crippen LogP contribution in [-0.2, 0) is 0 Å². The lowest BCUT2D eigenvalue weighted by molar-refractivity contribution is -0.187. The fourth-order valence-electron chi connectivity index (χ4n) is 2.53. The molecule has 0 unspecified atom stereocenters. The van der Waals surface area contributed by atoms with Crippen LogP contribution in [0.3, 0.4) is 0 Å². The molecule has 106 valence electrons. The van der Waals surface area contributed by atoms with Crippen molar-refractivity contribution in [3.8, 4) is 0 Å². The average Bonchev–Trinajstić information content (AvgIpc) is 2.75. The highest BCUT2D eigenvalue weighted by Gasteiger charge is 2.46. The molecule has 1 heterocycles. The molecule has 0 saturated heterocycles. The van der Waals surface area contributed by atoms with Crippen molar-refractivity contribution in [1.29, 1.82) is 0 Å². The molecule has 0 bridgehead atoms. The SMILES string of the molecule is Cc1ccoc1C(=O)N[C@@H]1CCCC[C@@H]1C(F)(F)F. The lowest BCUT2D eigenvalue weighted by Crippen LogP contribution is -2.47. The first-order chi connectivity index (χ1) is 8.89. The average molecular weight is 275 g/mol.